The molecule has 2 nitrogen and oxygen atoms in total. The van der Waals surface area contributed by atoms with E-state index in [0.717, 1.165) is 16.1 Å². The van der Waals surface area contributed by atoms with Crippen molar-refractivity contribution in [2.45, 2.75) is 32.3 Å². The Labute approximate surface area is 105 Å². The number of aliphatic hydroxyl groups excluding tert-OH is 1. The van der Waals surface area contributed by atoms with Crippen LogP contribution in [-0.2, 0) is 12.8 Å². The predicted molar refractivity (Wildman–Crippen MR) is 69.4 cm³/mol. The number of nitrogens with zero attached hydrogens (tertiary/aromatic N) is 1. The standard InChI is InChI=1S/C14H15NOS/c1-9-5-6-11(8-15-9)14(16)13-7-10-3-2-4-12(10)17-13/h5-8,14,16H,2-4H2,1H3. The average molecular weight is 245 g/mol. The van der Waals surface area contributed by atoms with Gasteiger partial charge in [0.1, 0.15) is 6.10 Å². The molecule has 2 heterocycles. The number of thiophene rings is 1. The van der Waals surface area contributed by atoms with Gasteiger partial charge in [0.15, 0.2) is 0 Å². The van der Waals surface area contributed by atoms with Crippen LogP contribution in [0.3, 0.4) is 0 Å². The summed E-state index contributed by atoms with van der Waals surface area (Å²) in [4.78, 5) is 6.75. The summed E-state index contributed by atoms with van der Waals surface area (Å²) in [6, 6.07) is 6.06. The fourth-order valence-corrected chi connectivity index (χ4v) is 3.56. The molecule has 17 heavy (non-hydrogen) atoms. The molecule has 0 saturated carbocycles. The van der Waals surface area contributed by atoms with E-state index in [1.807, 2.05) is 19.1 Å². The Hall–Kier alpha value is -1.19. The Balaban J connectivity index is 1.90. The summed E-state index contributed by atoms with van der Waals surface area (Å²) < 4.78 is 0. The SMILES string of the molecule is Cc1ccc(C(O)c2cc3c(s2)CCC3)cn1. The lowest BCUT2D eigenvalue weighted by atomic mass is 10.1. The molecule has 0 aliphatic heterocycles. The van der Waals surface area contributed by atoms with Gasteiger partial charge in [-0.15, -0.1) is 11.3 Å². The summed E-state index contributed by atoms with van der Waals surface area (Å²) in [5.41, 5.74) is 3.30. The number of hydrogen-bond acceptors (Lipinski definition) is 3. The van der Waals surface area contributed by atoms with Crippen molar-refractivity contribution in [2.75, 3.05) is 0 Å². The van der Waals surface area contributed by atoms with Crippen LogP contribution in [0, 0.1) is 6.92 Å². The topological polar surface area (TPSA) is 33.1 Å². The van der Waals surface area contributed by atoms with Gasteiger partial charge in [-0.05, 0) is 43.9 Å². The van der Waals surface area contributed by atoms with Gasteiger partial charge < -0.3 is 5.11 Å². The van der Waals surface area contributed by atoms with Crippen molar-refractivity contribution in [3.8, 4) is 0 Å². The monoisotopic (exact) mass is 245 g/mol. The molecule has 1 N–H and O–H groups in total. The lowest BCUT2D eigenvalue weighted by molar-refractivity contribution is 0.223. The Morgan fingerprint density at radius 2 is 2.24 bits per heavy atom. The summed E-state index contributed by atoms with van der Waals surface area (Å²) in [5, 5.41) is 10.3. The minimum Gasteiger partial charge on any atom is -0.383 e. The largest absolute Gasteiger partial charge is 0.383 e. The highest BCUT2D eigenvalue weighted by molar-refractivity contribution is 7.12. The molecule has 3 rings (SSSR count). The Kier molecular flexibility index (Phi) is 2.73. The van der Waals surface area contributed by atoms with Crippen LogP contribution in [0.4, 0.5) is 0 Å². The van der Waals surface area contributed by atoms with Gasteiger partial charge in [0.2, 0.25) is 0 Å². The number of aromatic nitrogens is 1. The van der Waals surface area contributed by atoms with Gasteiger partial charge in [0, 0.05) is 27.2 Å². The molecule has 0 saturated heterocycles. The maximum Gasteiger partial charge on any atom is 0.115 e. The summed E-state index contributed by atoms with van der Waals surface area (Å²) in [6.07, 6.45) is 4.87. The number of hydrogen-bond donors (Lipinski definition) is 1. The minimum atomic E-state index is -0.515. The van der Waals surface area contributed by atoms with E-state index >= 15 is 0 Å². The molecule has 88 valence electrons. The molecular formula is C14H15NOS. The molecule has 0 radical (unpaired) electrons. The van der Waals surface area contributed by atoms with Gasteiger partial charge in [-0.2, -0.15) is 0 Å². The highest BCUT2D eigenvalue weighted by Crippen LogP contribution is 2.35. The van der Waals surface area contributed by atoms with Gasteiger partial charge in [0.25, 0.3) is 0 Å². The zero-order chi connectivity index (χ0) is 11.8. The first kappa shape index (κ1) is 10.9. The van der Waals surface area contributed by atoms with E-state index < -0.39 is 6.10 Å². The summed E-state index contributed by atoms with van der Waals surface area (Å²) in [5.74, 6) is 0. The van der Waals surface area contributed by atoms with E-state index in [9.17, 15) is 5.11 Å². The highest BCUT2D eigenvalue weighted by Gasteiger charge is 2.19. The third-order valence-electron chi connectivity index (χ3n) is 3.29. The zero-order valence-electron chi connectivity index (χ0n) is 9.81. The van der Waals surface area contributed by atoms with Crippen LogP contribution >= 0.6 is 11.3 Å². The summed E-state index contributed by atoms with van der Waals surface area (Å²) >= 11 is 1.75. The molecule has 1 atom stereocenters. The van der Waals surface area contributed by atoms with E-state index in [0.29, 0.717) is 0 Å². The molecule has 1 unspecified atom stereocenters. The first-order valence-corrected chi connectivity index (χ1v) is 6.78. The van der Waals surface area contributed by atoms with E-state index in [-0.39, 0.29) is 0 Å². The van der Waals surface area contributed by atoms with Crippen molar-refractivity contribution >= 4 is 11.3 Å². The second-order valence-corrected chi connectivity index (χ2v) is 5.75. The molecule has 1 aliphatic carbocycles. The molecule has 1 aliphatic rings. The second-order valence-electron chi connectivity index (χ2n) is 4.59. The van der Waals surface area contributed by atoms with Gasteiger partial charge in [-0.3, -0.25) is 4.98 Å². The molecular weight excluding hydrogens is 230 g/mol. The predicted octanol–water partition coefficient (Wildman–Crippen LogP) is 3.02. The van der Waals surface area contributed by atoms with Gasteiger partial charge in [0.05, 0.1) is 0 Å². The highest BCUT2D eigenvalue weighted by atomic mass is 32.1. The number of aryl methyl sites for hydroxylation is 3. The van der Waals surface area contributed by atoms with Crippen LogP contribution < -0.4 is 0 Å². The minimum absolute atomic E-state index is 0.515. The average Bonchev–Trinajstić information content (AvgIpc) is 2.89. The third-order valence-corrected chi connectivity index (χ3v) is 4.57. The van der Waals surface area contributed by atoms with Crippen molar-refractivity contribution in [2.24, 2.45) is 0 Å². The number of aliphatic hydroxyl groups is 1. The fraction of sp³-hybridized carbons (Fsp3) is 0.357. The molecule has 0 amide bonds. The van der Waals surface area contributed by atoms with Gasteiger partial charge in [-0.1, -0.05) is 6.07 Å². The van der Waals surface area contributed by atoms with Crippen LogP contribution in [0.2, 0.25) is 0 Å². The zero-order valence-corrected chi connectivity index (χ0v) is 10.6. The van der Waals surface area contributed by atoms with Crippen molar-refractivity contribution < 1.29 is 5.11 Å². The third kappa shape index (κ3) is 2.01. The number of pyridine rings is 1. The number of fused-ring (bicyclic) bond motifs is 1. The smallest absolute Gasteiger partial charge is 0.115 e. The molecule has 0 aromatic carbocycles. The van der Waals surface area contributed by atoms with E-state index in [1.165, 1.54) is 29.7 Å². The Morgan fingerprint density at radius 1 is 1.35 bits per heavy atom. The molecule has 3 heteroatoms. The lowest BCUT2D eigenvalue weighted by Gasteiger charge is -2.08. The summed E-state index contributed by atoms with van der Waals surface area (Å²) in [6.45, 7) is 1.95. The first-order valence-electron chi connectivity index (χ1n) is 5.96. The Bertz CT molecular complexity index is 508. The molecule has 2 aromatic heterocycles. The van der Waals surface area contributed by atoms with Crippen molar-refractivity contribution in [3.05, 3.63) is 51.0 Å². The van der Waals surface area contributed by atoms with Gasteiger partial charge in [-0.25, -0.2) is 0 Å². The number of rotatable bonds is 2. The Morgan fingerprint density at radius 3 is 2.94 bits per heavy atom. The maximum atomic E-state index is 10.3. The van der Waals surface area contributed by atoms with E-state index in [4.69, 9.17) is 0 Å². The molecule has 2 aromatic rings. The van der Waals surface area contributed by atoms with Crippen LogP contribution in [0.1, 0.15) is 39.1 Å². The second kappa shape index (κ2) is 4.24. The van der Waals surface area contributed by atoms with E-state index in [2.05, 4.69) is 11.1 Å². The lowest BCUT2D eigenvalue weighted by Crippen LogP contribution is -1.98. The first-order chi connectivity index (χ1) is 8.24. The normalized spacial score (nSPS) is 15.9. The fourth-order valence-electron chi connectivity index (χ4n) is 2.29. The van der Waals surface area contributed by atoms with Crippen molar-refractivity contribution in [1.29, 1.82) is 0 Å². The quantitative estimate of drug-likeness (QED) is 0.882. The molecule has 0 spiro atoms. The van der Waals surface area contributed by atoms with Crippen LogP contribution in [0.25, 0.3) is 0 Å². The van der Waals surface area contributed by atoms with Crippen LogP contribution in [0.5, 0.6) is 0 Å². The molecule has 0 fully saturated rings. The van der Waals surface area contributed by atoms with Crippen molar-refractivity contribution in [3.63, 3.8) is 0 Å². The van der Waals surface area contributed by atoms with Crippen LogP contribution in [-0.4, -0.2) is 10.1 Å². The summed E-state index contributed by atoms with van der Waals surface area (Å²) in [7, 11) is 0. The van der Waals surface area contributed by atoms with E-state index in [1.54, 1.807) is 17.5 Å². The van der Waals surface area contributed by atoms with Gasteiger partial charge >= 0.3 is 0 Å². The van der Waals surface area contributed by atoms with Crippen LogP contribution in [0.15, 0.2) is 24.4 Å². The molecule has 0 bridgehead atoms. The maximum absolute atomic E-state index is 10.3. The van der Waals surface area contributed by atoms with Crippen molar-refractivity contribution in [1.82, 2.24) is 4.98 Å².